The highest BCUT2D eigenvalue weighted by atomic mass is 16.5. The number of nitrogens with one attached hydrogen (secondary N) is 1. The standard InChI is InChI=1S/C16H19NO3/c1-17-12-4-3-5-13-6-8-14(9-7-13)15(18)10-11-16(19)20-2/h6-9,17H,4,10-12H2,1-2H3. The number of benzene rings is 1. The zero-order valence-corrected chi connectivity index (χ0v) is 11.9. The summed E-state index contributed by atoms with van der Waals surface area (Å²) in [6, 6.07) is 7.11. The van der Waals surface area contributed by atoms with Crippen molar-refractivity contribution in [1.29, 1.82) is 0 Å². The SMILES string of the molecule is CNCCC#Cc1ccc(C(=O)CCC(=O)OC)cc1. The fourth-order valence-electron chi connectivity index (χ4n) is 1.55. The van der Waals surface area contributed by atoms with Crippen LogP contribution < -0.4 is 5.32 Å². The zero-order valence-electron chi connectivity index (χ0n) is 11.9. The maximum absolute atomic E-state index is 11.8. The summed E-state index contributed by atoms with van der Waals surface area (Å²) in [7, 11) is 3.20. The lowest BCUT2D eigenvalue weighted by molar-refractivity contribution is -0.140. The van der Waals surface area contributed by atoms with Crippen LogP contribution in [-0.4, -0.2) is 32.5 Å². The van der Waals surface area contributed by atoms with E-state index in [0.717, 1.165) is 18.5 Å². The number of hydrogen-bond acceptors (Lipinski definition) is 4. The highest BCUT2D eigenvalue weighted by molar-refractivity contribution is 5.97. The minimum Gasteiger partial charge on any atom is -0.469 e. The smallest absolute Gasteiger partial charge is 0.305 e. The maximum atomic E-state index is 11.8. The lowest BCUT2D eigenvalue weighted by Gasteiger charge is -2.00. The van der Waals surface area contributed by atoms with Gasteiger partial charge in [0.15, 0.2) is 5.78 Å². The Morgan fingerprint density at radius 3 is 2.50 bits per heavy atom. The van der Waals surface area contributed by atoms with Crippen molar-refractivity contribution in [2.45, 2.75) is 19.3 Å². The van der Waals surface area contributed by atoms with Gasteiger partial charge in [-0.2, -0.15) is 0 Å². The average Bonchev–Trinajstić information content (AvgIpc) is 2.49. The summed E-state index contributed by atoms with van der Waals surface area (Å²) in [5.41, 5.74) is 1.47. The van der Waals surface area contributed by atoms with Crippen molar-refractivity contribution in [2.24, 2.45) is 0 Å². The predicted molar refractivity (Wildman–Crippen MR) is 77.4 cm³/mol. The number of hydrogen-bond donors (Lipinski definition) is 1. The predicted octanol–water partition coefficient (Wildman–Crippen LogP) is 1.78. The van der Waals surface area contributed by atoms with Crippen LogP contribution in [0.4, 0.5) is 0 Å². The molecule has 0 unspecified atom stereocenters. The van der Waals surface area contributed by atoms with Gasteiger partial charge in [0.1, 0.15) is 0 Å². The molecule has 0 atom stereocenters. The van der Waals surface area contributed by atoms with Crippen molar-refractivity contribution in [3.8, 4) is 11.8 Å². The quantitative estimate of drug-likeness (QED) is 0.371. The molecule has 0 saturated heterocycles. The number of carbonyl (C=O) groups is 2. The third-order valence-electron chi connectivity index (χ3n) is 2.72. The van der Waals surface area contributed by atoms with E-state index in [-0.39, 0.29) is 24.6 Å². The van der Waals surface area contributed by atoms with Crippen molar-refractivity contribution >= 4 is 11.8 Å². The van der Waals surface area contributed by atoms with Crippen molar-refractivity contribution in [3.05, 3.63) is 35.4 Å². The number of ketones is 1. The molecule has 0 radical (unpaired) electrons. The van der Waals surface area contributed by atoms with Crippen molar-refractivity contribution in [3.63, 3.8) is 0 Å². The second kappa shape index (κ2) is 8.89. The molecule has 106 valence electrons. The minimum absolute atomic E-state index is 0.0647. The number of methoxy groups -OCH3 is 1. The lowest BCUT2D eigenvalue weighted by atomic mass is 10.0. The number of ether oxygens (including phenoxy) is 1. The first-order valence-electron chi connectivity index (χ1n) is 6.51. The molecule has 1 rings (SSSR count). The summed E-state index contributed by atoms with van der Waals surface area (Å²) in [5, 5.41) is 3.02. The monoisotopic (exact) mass is 273 g/mol. The highest BCUT2D eigenvalue weighted by Crippen LogP contribution is 2.08. The summed E-state index contributed by atoms with van der Waals surface area (Å²) >= 11 is 0. The Bertz CT molecular complexity index is 509. The van der Waals surface area contributed by atoms with E-state index in [1.54, 1.807) is 12.1 Å². The molecule has 20 heavy (non-hydrogen) atoms. The molecule has 0 aliphatic carbocycles. The van der Waals surface area contributed by atoms with Crippen molar-refractivity contribution in [2.75, 3.05) is 20.7 Å². The van der Waals surface area contributed by atoms with Gasteiger partial charge in [0.2, 0.25) is 0 Å². The molecule has 0 amide bonds. The van der Waals surface area contributed by atoms with Crippen LogP contribution >= 0.6 is 0 Å². The van der Waals surface area contributed by atoms with E-state index >= 15 is 0 Å². The Hall–Kier alpha value is -2.12. The van der Waals surface area contributed by atoms with Gasteiger partial charge in [0, 0.05) is 30.5 Å². The van der Waals surface area contributed by atoms with E-state index in [1.165, 1.54) is 7.11 Å². The Morgan fingerprint density at radius 2 is 1.90 bits per heavy atom. The molecule has 0 aliphatic rings. The number of esters is 1. The maximum Gasteiger partial charge on any atom is 0.305 e. The third kappa shape index (κ3) is 5.68. The summed E-state index contributed by atoms with van der Waals surface area (Å²) in [4.78, 5) is 22.8. The Morgan fingerprint density at radius 1 is 1.20 bits per heavy atom. The van der Waals surface area contributed by atoms with Gasteiger partial charge in [-0.1, -0.05) is 24.0 Å². The lowest BCUT2D eigenvalue weighted by Crippen LogP contribution is -2.06. The molecule has 1 N–H and O–H groups in total. The first kappa shape index (κ1) is 15.9. The van der Waals surface area contributed by atoms with Crippen LogP contribution in [0.15, 0.2) is 24.3 Å². The second-order valence-electron chi connectivity index (χ2n) is 4.23. The van der Waals surface area contributed by atoms with Crippen LogP contribution in [0.1, 0.15) is 35.2 Å². The molecule has 4 nitrogen and oxygen atoms in total. The first-order chi connectivity index (χ1) is 9.67. The van der Waals surface area contributed by atoms with Gasteiger partial charge in [-0.3, -0.25) is 9.59 Å². The molecule has 0 saturated carbocycles. The van der Waals surface area contributed by atoms with Gasteiger partial charge < -0.3 is 10.1 Å². The molecular formula is C16H19NO3. The minimum atomic E-state index is -0.370. The van der Waals surface area contributed by atoms with Crippen LogP contribution in [0.3, 0.4) is 0 Å². The number of Topliss-reactive ketones (excluding diaryl/α,β-unsaturated/α-hetero) is 1. The summed E-state index contributed by atoms with van der Waals surface area (Å²) in [6.45, 7) is 0.858. The Balaban J connectivity index is 2.54. The van der Waals surface area contributed by atoms with Crippen LogP contribution in [0, 0.1) is 11.8 Å². The molecule has 0 heterocycles. The number of carbonyl (C=O) groups excluding carboxylic acids is 2. The highest BCUT2D eigenvalue weighted by Gasteiger charge is 2.08. The molecule has 0 spiro atoms. The fraction of sp³-hybridized carbons (Fsp3) is 0.375. The van der Waals surface area contributed by atoms with Gasteiger partial charge in [-0.15, -0.1) is 0 Å². The largest absolute Gasteiger partial charge is 0.469 e. The Kier molecular flexibility index (Phi) is 7.08. The number of rotatable bonds is 6. The molecule has 0 bridgehead atoms. The summed E-state index contributed by atoms with van der Waals surface area (Å²) < 4.78 is 4.51. The average molecular weight is 273 g/mol. The van der Waals surface area contributed by atoms with Crippen LogP contribution in [0.2, 0.25) is 0 Å². The fourth-order valence-corrected chi connectivity index (χ4v) is 1.55. The topological polar surface area (TPSA) is 55.4 Å². The summed E-state index contributed by atoms with van der Waals surface area (Å²) in [5.74, 6) is 5.64. The first-order valence-corrected chi connectivity index (χ1v) is 6.51. The zero-order chi connectivity index (χ0) is 14.8. The normalized spacial score (nSPS) is 9.50. The Labute approximate surface area is 119 Å². The van der Waals surface area contributed by atoms with E-state index in [0.29, 0.717) is 5.56 Å². The van der Waals surface area contributed by atoms with Gasteiger partial charge in [-0.05, 0) is 19.2 Å². The molecule has 0 fully saturated rings. The van der Waals surface area contributed by atoms with E-state index in [1.807, 2.05) is 19.2 Å². The molecule has 1 aromatic carbocycles. The summed E-state index contributed by atoms with van der Waals surface area (Å²) in [6.07, 6.45) is 1.07. The van der Waals surface area contributed by atoms with Crippen LogP contribution in [-0.2, 0) is 9.53 Å². The van der Waals surface area contributed by atoms with Crippen LogP contribution in [0.25, 0.3) is 0 Å². The van der Waals surface area contributed by atoms with E-state index in [4.69, 9.17) is 0 Å². The van der Waals surface area contributed by atoms with Gasteiger partial charge in [0.25, 0.3) is 0 Å². The van der Waals surface area contributed by atoms with Gasteiger partial charge >= 0.3 is 5.97 Å². The van der Waals surface area contributed by atoms with Crippen molar-refractivity contribution < 1.29 is 14.3 Å². The van der Waals surface area contributed by atoms with Gasteiger partial charge in [0.05, 0.1) is 13.5 Å². The van der Waals surface area contributed by atoms with Crippen LogP contribution in [0.5, 0.6) is 0 Å². The van der Waals surface area contributed by atoms with E-state index in [9.17, 15) is 9.59 Å². The van der Waals surface area contributed by atoms with E-state index in [2.05, 4.69) is 21.9 Å². The van der Waals surface area contributed by atoms with E-state index < -0.39 is 0 Å². The van der Waals surface area contributed by atoms with Gasteiger partial charge in [-0.25, -0.2) is 0 Å². The molecule has 0 aromatic heterocycles. The van der Waals surface area contributed by atoms with Crippen molar-refractivity contribution in [1.82, 2.24) is 5.32 Å². The second-order valence-corrected chi connectivity index (χ2v) is 4.23. The molecule has 0 aliphatic heterocycles. The molecule has 1 aromatic rings. The molecule has 4 heteroatoms. The third-order valence-corrected chi connectivity index (χ3v) is 2.72. The molecular weight excluding hydrogens is 254 g/mol.